The van der Waals surface area contributed by atoms with E-state index in [9.17, 15) is 4.79 Å². The van der Waals surface area contributed by atoms with Crippen LogP contribution < -0.4 is 5.32 Å². The van der Waals surface area contributed by atoms with Crippen molar-refractivity contribution in [3.05, 3.63) is 33.8 Å². The first kappa shape index (κ1) is 15.1. The Morgan fingerprint density at radius 2 is 2.33 bits per heavy atom. The van der Waals surface area contributed by atoms with Gasteiger partial charge in [-0.25, -0.2) is 0 Å². The lowest BCUT2D eigenvalue weighted by atomic mass is 10.2. The summed E-state index contributed by atoms with van der Waals surface area (Å²) in [5.74, 6) is 1.94. The predicted molar refractivity (Wildman–Crippen MR) is 78.3 cm³/mol. The molecule has 3 nitrogen and oxygen atoms in total. The molecule has 96 valence electrons. The maximum absolute atomic E-state index is 10.7. The van der Waals surface area contributed by atoms with Crippen molar-refractivity contribution in [2.75, 3.05) is 12.3 Å². The number of halogens is 1. The topological polar surface area (TPSA) is 52.9 Å². The van der Waals surface area contributed by atoms with Crippen molar-refractivity contribution in [2.24, 2.45) is 0 Å². The summed E-state index contributed by atoms with van der Waals surface area (Å²) in [5.41, 5.74) is 1.86. The van der Waals surface area contributed by atoms with E-state index in [4.69, 9.17) is 5.26 Å². The van der Waals surface area contributed by atoms with Gasteiger partial charge < -0.3 is 5.32 Å². The maximum Gasteiger partial charge on any atom is 0.216 e. The highest BCUT2D eigenvalue weighted by Gasteiger charge is 2.01. The fraction of sp³-hybridized carbons (Fsp3) is 0.385. The Hall–Kier alpha value is -0.990. The Morgan fingerprint density at radius 1 is 1.56 bits per heavy atom. The summed E-state index contributed by atoms with van der Waals surface area (Å²) < 4.78 is 0.982. The number of benzene rings is 1. The van der Waals surface area contributed by atoms with E-state index in [1.165, 1.54) is 12.5 Å². The smallest absolute Gasteiger partial charge is 0.216 e. The molecule has 1 amide bonds. The molecule has 0 saturated heterocycles. The highest BCUT2D eigenvalue weighted by molar-refractivity contribution is 9.10. The lowest BCUT2D eigenvalue weighted by Gasteiger charge is -2.05. The average Bonchev–Trinajstić information content (AvgIpc) is 2.34. The molecule has 0 saturated carbocycles. The molecule has 18 heavy (non-hydrogen) atoms. The summed E-state index contributed by atoms with van der Waals surface area (Å²) in [6, 6.07) is 7.76. The summed E-state index contributed by atoms with van der Waals surface area (Å²) in [6.07, 6.45) is 0.970. The van der Waals surface area contributed by atoms with Gasteiger partial charge in [-0.15, -0.1) is 0 Å². The van der Waals surface area contributed by atoms with Crippen LogP contribution in [0.25, 0.3) is 0 Å². The molecule has 0 spiro atoms. The molecule has 1 aromatic rings. The molecule has 0 atom stereocenters. The van der Waals surface area contributed by atoms with Crippen LogP contribution in [0, 0.1) is 11.3 Å². The van der Waals surface area contributed by atoms with Crippen LogP contribution in [0.1, 0.15) is 24.5 Å². The number of rotatable bonds is 6. The Morgan fingerprint density at radius 3 is 2.94 bits per heavy atom. The summed E-state index contributed by atoms with van der Waals surface area (Å²) in [5, 5.41) is 11.5. The van der Waals surface area contributed by atoms with Gasteiger partial charge in [-0.1, -0.05) is 22.0 Å². The Balaban J connectivity index is 2.27. The Labute approximate surface area is 120 Å². The Bertz CT molecular complexity index is 457. The van der Waals surface area contributed by atoms with Crippen molar-refractivity contribution in [3.8, 4) is 6.07 Å². The minimum absolute atomic E-state index is 0.0230. The van der Waals surface area contributed by atoms with Gasteiger partial charge in [-0.05, 0) is 29.9 Å². The number of nitrogens with zero attached hydrogens (tertiary/aromatic N) is 1. The largest absolute Gasteiger partial charge is 0.356 e. The van der Waals surface area contributed by atoms with Gasteiger partial charge in [-0.3, -0.25) is 4.79 Å². The average molecular weight is 327 g/mol. The van der Waals surface area contributed by atoms with Crippen molar-refractivity contribution in [2.45, 2.75) is 19.1 Å². The number of nitriles is 1. The van der Waals surface area contributed by atoms with Crippen molar-refractivity contribution >= 4 is 33.6 Å². The molecular weight excluding hydrogens is 312 g/mol. The first-order chi connectivity index (χ1) is 8.63. The van der Waals surface area contributed by atoms with Crippen LogP contribution in [0.3, 0.4) is 0 Å². The monoisotopic (exact) mass is 326 g/mol. The molecule has 1 aromatic carbocycles. The number of nitrogens with one attached hydrogen (secondary N) is 1. The van der Waals surface area contributed by atoms with E-state index in [1.54, 1.807) is 0 Å². The molecule has 0 unspecified atom stereocenters. The molecule has 0 aliphatic heterocycles. The van der Waals surface area contributed by atoms with Gasteiger partial charge in [0.05, 0.1) is 11.6 Å². The lowest BCUT2D eigenvalue weighted by Crippen LogP contribution is -2.21. The number of carbonyl (C=O) groups is 1. The second-order valence-corrected chi connectivity index (χ2v) is 5.77. The van der Waals surface area contributed by atoms with Crippen molar-refractivity contribution in [3.63, 3.8) is 0 Å². The van der Waals surface area contributed by atoms with E-state index in [2.05, 4.69) is 27.3 Å². The molecule has 0 fully saturated rings. The normalized spacial score (nSPS) is 9.83. The van der Waals surface area contributed by atoms with Gasteiger partial charge in [0.1, 0.15) is 0 Å². The standard InChI is InChI=1S/C13H15BrN2OS/c1-10(17)16-5-2-6-18-9-12-4-3-11(8-15)7-13(12)14/h3-4,7H,2,5-6,9H2,1H3,(H,16,17). The van der Waals surface area contributed by atoms with Crippen LogP contribution in [-0.4, -0.2) is 18.2 Å². The molecular formula is C13H15BrN2OS. The minimum Gasteiger partial charge on any atom is -0.356 e. The third kappa shape index (κ3) is 5.56. The number of hydrogen-bond acceptors (Lipinski definition) is 3. The van der Waals surface area contributed by atoms with Gasteiger partial charge in [-0.2, -0.15) is 17.0 Å². The van der Waals surface area contributed by atoms with Crippen LogP contribution in [0.15, 0.2) is 22.7 Å². The van der Waals surface area contributed by atoms with Gasteiger partial charge >= 0.3 is 0 Å². The fourth-order valence-corrected chi connectivity index (χ4v) is 3.02. The molecule has 1 rings (SSSR count). The van der Waals surface area contributed by atoms with Crippen molar-refractivity contribution < 1.29 is 4.79 Å². The summed E-state index contributed by atoms with van der Waals surface area (Å²) in [4.78, 5) is 10.7. The molecule has 0 radical (unpaired) electrons. The number of carbonyl (C=O) groups excluding carboxylic acids is 1. The minimum atomic E-state index is 0.0230. The van der Waals surface area contributed by atoms with Crippen LogP contribution >= 0.6 is 27.7 Å². The quantitative estimate of drug-likeness (QED) is 0.817. The first-order valence-corrected chi connectivity index (χ1v) is 7.59. The van der Waals surface area contributed by atoms with E-state index in [0.29, 0.717) is 5.56 Å². The third-order valence-corrected chi connectivity index (χ3v) is 4.11. The van der Waals surface area contributed by atoms with Crippen LogP contribution in [0.5, 0.6) is 0 Å². The molecule has 5 heteroatoms. The highest BCUT2D eigenvalue weighted by atomic mass is 79.9. The van der Waals surface area contributed by atoms with E-state index in [1.807, 2.05) is 30.0 Å². The van der Waals surface area contributed by atoms with Crippen LogP contribution in [0.2, 0.25) is 0 Å². The molecule has 0 heterocycles. The summed E-state index contributed by atoms with van der Waals surface area (Å²) >= 11 is 5.29. The number of amides is 1. The van der Waals surface area contributed by atoms with Gasteiger partial charge in [0.25, 0.3) is 0 Å². The molecule has 1 N–H and O–H groups in total. The predicted octanol–water partition coefficient (Wildman–Crippen LogP) is 3.08. The van der Waals surface area contributed by atoms with E-state index < -0.39 is 0 Å². The third-order valence-electron chi connectivity index (χ3n) is 2.28. The molecule has 0 aromatic heterocycles. The highest BCUT2D eigenvalue weighted by Crippen LogP contribution is 2.23. The lowest BCUT2D eigenvalue weighted by molar-refractivity contribution is -0.118. The van der Waals surface area contributed by atoms with Crippen LogP contribution in [-0.2, 0) is 10.5 Å². The molecule has 0 aliphatic carbocycles. The zero-order valence-corrected chi connectivity index (χ0v) is 12.6. The van der Waals surface area contributed by atoms with E-state index >= 15 is 0 Å². The van der Waals surface area contributed by atoms with E-state index in [0.717, 1.165) is 28.9 Å². The van der Waals surface area contributed by atoms with Crippen molar-refractivity contribution in [1.82, 2.24) is 5.32 Å². The number of hydrogen-bond donors (Lipinski definition) is 1. The SMILES string of the molecule is CC(=O)NCCCSCc1ccc(C#N)cc1Br. The Kier molecular flexibility index (Phi) is 6.84. The van der Waals surface area contributed by atoms with Crippen LogP contribution in [0.4, 0.5) is 0 Å². The second-order valence-electron chi connectivity index (χ2n) is 3.81. The first-order valence-electron chi connectivity index (χ1n) is 5.64. The molecule has 0 bridgehead atoms. The second kappa shape index (κ2) is 8.17. The molecule has 0 aliphatic rings. The fourth-order valence-electron chi connectivity index (χ4n) is 1.35. The van der Waals surface area contributed by atoms with Gasteiger partial charge in [0.15, 0.2) is 0 Å². The van der Waals surface area contributed by atoms with Crippen molar-refractivity contribution in [1.29, 1.82) is 5.26 Å². The van der Waals surface area contributed by atoms with Gasteiger partial charge in [0.2, 0.25) is 5.91 Å². The van der Waals surface area contributed by atoms with Gasteiger partial charge in [0, 0.05) is 23.7 Å². The van der Waals surface area contributed by atoms with E-state index in [-0.39, 0.29) is 5.91 Å². The maximum atomic E-state index is 10.7. The summed E-state index contributed by atoms with van der Waals surface area (Å²) in [7, 11) is 0. The summed E-state index contributed by atoms with van der Waals surface area (Å²) in [6.45, 7) is 2.26. The zero-order valence-electron chi connectivity index (χ0n) is 10.2. The number of thioether (sulfide) groups is 1. The zero-order chi connectivity index (χ0) is 13.4.